The number of halogens is 1. The largest absolute Gasteiger partial charge is 0.486 e. The number of aliphatic hydroxyl groups excluding tert-OH is 1. The lowest BCUT2D eigenvalue weighted by Gasteiger charge is -2.23. The van der Waals surface area contributed by atoms with Gasteiger partial charge in [0.05, 0.1) is 16.4 Å². The molecule has 5 nitrogen and oxygen atoms in total. The van der Waals surface area contributed by atoms with E-state index in [0.717, 1.165) is 4.47 Å². The maximum Gasteiger partial charge on any atom is 0.167 e. The van der Waals surface area contributed by atoms with Crippen LogP contribution >= 0.6 is 15.9 Å². The zero-order valence-corrected chi connectivity index (χ0v) is 11.9. The highest BCUT2D eigenvalue weighted by atomic mass is 79.9. The van der Waals surface area contributed by atoms with Gasteiger partial charge in [-0.2, -0.15) is 5.10 Å². The molecule has 0 bridgehead atoms. The standard InChI is InChI=1S/C13H13BrN2O3/c1-16-11(9(14)7-15-16)12(17)8-3-2-4-10-13(8)19-6-5-18-10/h2-4,7,12,17H,5-6H2,1H3. The van der Waals surface area contributed by atoms with Gasteiger partial charge in [-0.1, -0.05) is 12.1 Å². The third kappa shape index (κ3) is 2.11. The van der Waals surface area contributed by atoms with E-state index < -0.39 is 6.10 Å². The van der Waals surface area contributed by atoms with Crippen LogP contribution in [0.1, 0.15) is 17.4 Å². The molecule has 0 saturated carbocycles. The number of hydrogen-bond acceptors (Lipinski definition) is 4. The van der Waals surface area contributed by atoms with Crippen LogP contribution in [0.25, 0.3) is 0 Å². The van der Waals surface area contributed by atoms with Gasteiger partial charge in [0, 0.05) is 12.6 Å². The molecular formula is C13H13BrN2O3. The Balaban J connectivity index is 2.07. The molecule has 0 radical (unpaired) electrons. The summed E-state index contributed by atoms with van der Waals surface area (Å²) in [7, 11) is 1.79. The second kappa shape index (κ2) is 4.86. The van der Waals surface area contributed by atoms with Crippen LogP contribution in [0.5, 0.6) is 11.5 Å². The van der Waals surface area contributed by atoms with Crippen LogP contribution in [-0.4, -0.2) is 28.1 Å². The molecule has 1 unspecified atom stereocenters. The summed E-state index contributed by atoms with van der Waals surface area (Å²) in [6, 6.07) is 5.51. The van der Waals surface area contributed by atoms with Crippen molar-refractivity contribution in [2.75, 3.05) is 13.2 Å². The third-order valence-electron chi connectivity index (χ3n) is 3.09. The summed E-state index contributed by atoms with van der Waals surface area (Å²) in [6.07, 6.45) is 0.837. The zero-order valence-electron chi connectivity index (χ0n) is 10.3. The number of aromatic nitrogens is 2. The Morgan fingerprint density at radius 1 is 1.37 bits per heavy atom. The van der Waals surface area contributed by atoms with E-state index in [4.69, 9.17) is 9.47 Å². The van der Waals surface area contributed by atoms with Gasteiger partial charge in [-0.3, -0.25) is 4.68 Å². The van der Waals surface area contributed by atoms with Gasteiger partial charge in [-0.05, 0) is 22.0 Å². The number of aliphatic hydroxyl groups is 1. The second-order valence-corrected chi connectivity index (χ2v) is 5.13. The van der Waals surface area contributed by atoms with Crippen molar-refractivity contribution in [2.45, 2.75) is 6.10 Å². The quantitative estimate of drug-likeness (QED) is 0.918. The van der Waals surface area contributed by atoms with Crippen LogP contribution in [0.2, 0.25) is 0 Å². The van der Waals surface area contributed by atoms with Crippen molar-refractivity contribution >= 4 is 15.9 Å². The fourth-order valence-electron chi connectivity index (χ4n) is 2.19. The summed E-state index contributed by atoms with van der Waals surface area (Å²) in [5.74, 6) is 1.27. The summed E-state index contributed by atoms with van der Waals surface area (Å²) >= 11 is 3.40. The molecule has 1 aliphatic rings. The fourth-order valence-corrected chi connectivity index (χ4v) is 2.75. The molecule has 0 amide bonds. The van der Waals surface area contributed by atoms with Gasteiger partial charge in [0.25, 0.3) is 0 Å². The number of hydrogen-bond donors (Lipinski definition) is 1. The highest BCUT2D eigenvalue weighted by Crippen LogP contribution is 2.40. The Bertz CT molecular complexity index is 592. The van der Waals surface area contributed by atoms with E-state index in [0.29, 0.717) is 36.0 Å². The first-order valence-electron chi connectivity index (χ1n) is 5.92. The predicted molar refractivity (Wildman–Crippen MR) is 72.4 cm³/mol. The van der Waals surface area contributed by atoms with Gasteiger partial charge in [0.2, 0.25) is 0 Å². The number of para-hydroxylation sites is 1. The highest BCUT2D eigenvalue weighted by Gasteiger charge is 2.25. The fraction of sp³-hybridized carbons (Fsp3) is 0.308. The first-order valence-corrected chi connectivity index (χ1v) is 6.71. The van der Waals surface area contributed by atoms with Crippen LogP contribution in [-0.2, 0) is 7.05 Å². The molecule has 1 aliphatic heterocycles. The van der Waals surface area contributed by atoms with E-state index in [1.54, 1.807) is 17.9 Å². The molecule has 1 aromatic carbocycles. The van der Waals surface area contributed by atoms with E-state index in [-0.39, 0.29) is 0 Å². The first kappa shape index (κ1) is 12.5. The molecule has 19 heavy (non-hydrogen) atoms. The van der Waals surface area contributed by atoms with E-state index in [2.05, 4.69) is 21.0 Å². The monoisotopic (exact) mass is 324 g/mol. The van der Waals surface area contributed by atoms with Crippen LogP contribution in [0.15, 0.2) is 28.9 Å². The van der Waals surface area contributed by atoms with Crippen molar-refractivity contribution < 1.29 is 14.6 Å². The molecular weight excluding hydrogens is 312 g/mol. The summed E-state index contributed by atoms with van der Waals surface area (Å²) in [4.78, 5) is 0. The number of nitrogens with zero attached hydrogens (tertiary/aromatic N) is 2. The van der Waals surface area contributed by atoms with Crippen molar-refractivity contribution in [2.24, 2.45) is 7.05 Å². The second-order valence-electron chi connectivity index (χ2n) is 4.28. The van der Waals surface area contributed by atoms with Gasteiger partial charge in [-0.15, -0.1) is 0 Å². The molecule has 2 aromatic rings. The molecule has 1 N–H and O–H groups in total. The average Bonchev–Trinajstić information content (AvgIpc) is 2.77. The Labute approximate surface area is 118 Å². The smallest absolute Gasteiger partial charge is 0.167 e. The van der Waals surface area contributed by atoms with Gasteiger partial charge < -0.3 is 14.6 Å². The number of ether oxygens (including phenoxy) is 2. The van der Waals surface area contributed by atoms with Gasteiger partial charge >= 0.3 is 0 Å². The molecule has 0 spiro atoms. The van der Waals surface area contributed by atoms with Gasteiger partial charge in [0.15, 0.2) is 11.5 Å². The highest BCUT2D eigenvalue weighted by molar-refractivity contribution is 9.10. The SMILES string of the molecule is Cn1ncc(Br)c1C(O)c1cccc2c1OCCO2. The summed E-state index contributed by atoms with van der Waals surface area (Å²) in [5, 5.41) is 14.7. The van der Waals surface area contributed by atoms with Crippen LogP contribution in [0.4, 0.5) is 0 Å². The molecule has 6 heteroatoms. The van der Waals surface area contributed by atoms with Crippen LogP contribution in [0, 0.1) is 0 Å². The van der Waals surface area contributed by atoms with Crippen molar-refractivity contribution in [3.63, 3.8) is 0 Å². The molecule has 2 heterocycles. The summed E-state index contributed by atoms with van der Waals surface area (Å²) in [6.45, 7) is 1.02. The topological polar surface area (TPSA) is 56.5 Å². The maximum absolute atomic E-state index is 10.6. The lowest BCUT2D eigenvalue weighted by atomic mass is 10.0. The van der Waals surface area contributed by atoms with Crippen molar-refractivity contribution in [1.82, 2.24) is 9.78 Å². The number of rotatable bonds is 2. The molecule has 3 rings (SSSR count). The normalized spacial score (nSPS) is 15.3. The minimum atomic E-state index is -0.821. The lowest BCUT2D eigenvalue weighted by Crippen LogP contribution is -2.18. The first-order chi connectivity index (χ1) is 9.18. The van der Waals surface area contributed by atoms with Crippen LogP contribution in [0.3, 0.4) is 0 Å². The Hall–Kier alpha value is -1.53. The average molecular weight is 325 g/mol. The third-order valence-corrected chi connectivity index (χ3v) is 3.70. The molecule has 1 aromatic heterocycles. The van der Waals surface area contributed by atoms with E-state index in [1.807, 2.05) is 18.2 Å². The van der Waals surface area contributed by atoms with Crippen molar-refractivity contribution in [1.29, 1.82) is 0 Å². The molecule has 1 atom stereocenters. The van der Waals surface area contributed by atoms with Crippen molar-refractivity contribution in [3.05, 3.63) is 40.1 Å². The Morgan fingerprint density at radius 3 is 2.89 bits per heavy atom. The number of fused-ring (bicyclic) bond motifs is 1. The van der Waals surface area contributed by atoms with Crippen molar-refractivity contribution in [3.8, 4) is 11.5 Å². The van der Waals surface area contributed by atoms with E-state index >= 15 is 0 Å². The van der Waals surface area contributed by atoms with Gasteiger partial charge in [-0.25, -0.2) is 0 Å². The molecule has 0 fully saturated rings. The lowest BCUT2D eigenvalue weighted by molar-refractivity contribution is 0.156. The molecule has 0 saturated heterocycles. The zero-order chi connectivity index (χ0) is 13.4. The summed E-state index contributed by atoms with van der Waals surface area (Å²) in [5.41, 5.74) is 1.36. The number of benzene rings is 1. The maximum atomic E-state index is 10.6. The van der Waals surface area contributed by atoms with Crippen LogP contribution < -0.4 is 9.47 Å². The number of aryl methyl sites for hydroxylation is 1. The minimum Gasteiger partial charge on any atom is -0.486 e. The Morgan fingerprint density at radius 2 is 2.16 bits per heavy atom. The summed E-state index contributed by atoms with van der Waals surface area (Å²) < 4.78 is 13.5. The molecule has 100 valence electrons. The van der Waals surface area contributed by atoms with E-state index in [9.17, 15) is 5.11 Å². The Kier molecular flexibility index (Phi) is 3.20. The molecule has 0 aliphatic carbocycles. The van der Waals surface area contributed by atoms with Gasteiger partial charge in [0.1, 0.15) is 19.3 Å². The predicted octanol–water partition coefficient (Wildman–Crippen LogP) is 2.04. The van der Waals surface area contributed by atoms with E-state index in [1.165, 1.54) is 0 Å². The minimum absolute atomic E-state index is 0.489.